The van der Waals surface area contributed by atoms with E-state index in [4.69, 9.17) is 0 Å². The van der Waals surface area contributed by atoms with Crippen molar-refractivity contribution >= 4 is 11.9 Å². The van der Waals surface area contributed by atoms with Crippen molar-refractivity contribution in [2.45, 2.75) is 18.9 Å². The van der Waals surface area contributed by atoms with E-state index in [-0.39, 0.29) is 5.91 Å². The minimum Gasteiger partial charge on any atom is -0.341 e. The van der Waals surface area contributed by atoms with E-state index < -0.39 is 12.1 Å². The van der Waals surface area contributed by atoms with Crippen LogP contribution in [0.25, 0.3) is 0 Å². The molecule has 0 heterocycles. The lowest BCUT2D eigenvalue weighted by Crippen LogP contribution is -2.88. The number of carbonyl (C=O) groups is 2. The second-order valence-corrected chi connectivity index (χ2v) is 5.74. The summed E-state index contributed by atoms with van der Waals surface area (Å²) in [7, 11) is 1.49. The Kier molecular flexibility index (Phi) is 6.51. The molecule has 2 aromatic rings. The average molecular weight is 326 g/mol. The quantitative estimate of drug-likeness (QED) is 0.753. The van der Waals surface area contributed by atoms with Gasteiger partial charge in [-0.1, -0.05) is 67.6 Å². The minimum atomic E-state index is -0.495. The number of imide groups is 1. The summed E-state index contributed by atoms with van der Waals surface area (Å²) >= 11 is 0. The summed E-state index contributed by atoms with van der Waals surface area (Å²) in [5.74, 6) is -0.0222. The van der Waals surface area contributed by atoms with Crippen LogP contribution in [0.3, 0.4) is 0 Å². The fraction of sp³-hybridized carbons (Fsp3) is 0.263. The van der Waals surface area contributed by atoms with E-state index in [2.05, 4.69) is 29.7 Å². The second kappa shape index (κ2) is 8.84. The lowest BCUT2D eigenvalue weighted by Gasteiger charge is -2.18. The van der Waals surface area contributed by atoms with Crippen LogP contribution < -0.4 is 16.0 Å². The Hall–Kier alpha value is -2.66. The van der Waals surface area contributed by atoms with Gasteiger partial charge in [0.1, 0.15) is 0 Å². The zero-order valence-corrected chi connectivity index (χ0v) is 14.0. The maximum absolute atomic E-state index is 12.5. The van der Waals surface area contributed by atoms with Crippen molar-refractivity contribution in [2.75, 3.05) is 13.6 Å². The van der Waals surface area contributed by atoms with Crippen LogP contribution in [0.5, 0.6) is 0 Å². The number of hydrogen-bond donors (Lipinski definition) is 3. The van der Waals surface area contributed by atoms with Gasteiger partial charge < -0.3 is 10.6 Å². The number of carbonyl (C=O) groups excluding carboxylic acids is 2. The molecular formula is C19H24N3O2+. The standard InChI is InChI=1S/C19H23N3O2/c1-14(15-9-5-3-6-10-15)13-21-17(16-11-7-4-8-12-16)18(23)22-19(24)20-2/h3-12,14,17,21H,13H2,1-2H3,(H2,20,22,23,24)/p+1/t14-,17-/m1/s1. The molecular weight excluding hydrogens is 302 g/mol. The summed E-state index contributed by atoms with van der Waals surface area (Å²) in [6.45, 7) is 2.87. The van der Waals surface area contributed by atoms with Gasteiger partial charge in [0, 0.05) is 18.5 Å². The van der Waals surface area contributed by atoms with E-state index in [0.29, 0.717) is 5.92 Å². The lowest BCUT2D eigenvalue weighted by molar-refractivity contribution is -0.684. The van der Waals surface area contributed by atoms with Crippen molar-refractivity contribution in [1.82, 2.24) is 10.6 Å². The summed E-state index contributed by atoms with van der Waals surface area (Å²) in [6.07, 6.45) is 0. The Morgan fingerprint density at radius 2 is 1.50 bits per heavy atom. The van der Waals surface area contributed by atoms with E-state index >= 15 is 0 Å². The van der Waals surface area contributed by atoms with Gasteiger partial charge in [0.15, 0.2) is 6.04 Å². The monoisotopic (exact) mass is 326 g/mol. The number of hydrogen-bond acceptors (Lipinski definition) is 2. The summed E-state index contributed by atoms with van der Waals surface area (Å²) in [5, 5.41) is 6.76. The van der Waals surface area contributed by atoms with E-state index in [9.17, 15) is 9.59 Å². The maximum Gasteiger partial charge on any atom is 0.321 e. The van der Waals surface area contributed by atoms with E-state index in [1.165, 1.54) is 12.6 Å². The molecule has 0 fully saturated rings. The molecule has 126 valence electrons. The Morgan fingerprint density at radius 3 is 2.04 bits per heavy atom. The molecule has 0 radical (unpaired) electrons. The average Bonchev–Trinajstić information content (AvgIpc) is 2.63. The molecule has 0 bridgehead atoms. The zero-order chi connectivity index (χ0) is 17.4. The Bertz CT molecular complexity index is 659. The molecule has 0 saturated carbocycles. The van der Waals surface area contributed by atoms with Gasteiger partial charge in [-0.25, -0.2) is 4.79 Å². The third-order valence-corrected chi connectivity index (χ3v) is 4.00. The smallest absolute Gasteiger partial charge is 0.321 e. The molecule has 3 amide bonds. The summed E-state index contributed by atoms with van der Waals surface area (Å²) < 4.78 is 0. The highest BCUT2D eigenvalue weighted by atomic mass is 16.2. The molecule has 5 heteroatoms. The van der Waals surface area contributed by atoms with Gasteiger partial charge in [-0.15, -0.1) is 0 Å². The van der Waals surface area contributed by atoms with Crippen LogP contribution >= 0.6 is 0 Å². The number of nitrogens with two attached hydrogens (primary N) is 1. The number of quaternary nitrogens is 1. The van der Waals surface area contributed by atoms with Crippen LogP contribution in [-0.2, 0) is 4.79 Å². The van der Waals surface area contributed by atoms with Gasteiger partial charge in [-0.05, 0) is 5.56 Å². The molecule has 0 aliphatic heterocycles. The largest absolute Gasteiger partial charge is 0.341 e. The van der Waals surface area contributed by atoms with Crippen molar-refractivity contribution in [3.63, 3.8) is 0 Å². The van der Waals surface area contributed by atoms with Gasteiger partial charge in [-0.2, -0.15) is 0 Å². The molecule has 2 rings (SSSR count). The number of rotatable bonds is 6. The van der Waals surface area contributed by atoms with Crippen molar-refractivity contribution in [1.29, 1.82) is 0 Å². The molecule has 2 aromatic carbocycles. The zero-order valence-electron chi connectivity index (χ0n) is 14.0. The predicted octanol–water partition coefficient (Wildman–Crippen LogP) is 1.55. The molecule has 0 unspecified atom stereocenters. The molecule has 0 aliphatic carbocycles. The lowest BCUT2D eigenvalue weighted by atomic mass is 10.00. The first-order chi connectivity index (χ1) is 11.6. The molecule has 0 spiro atoms. The van der Waals surface area contributed by atoms with Crippen molar-refractivity contribution < 1.29 is 14.9 Å². The fourth-order valence-corrected chi connectivity index (χ4v) is 2.56. The highest BCUT2D eigenvalue weighted by Crippen LogP contribution is 2.13. The van der Waals surface area contributed by atoms with Crippen molar-refractivity contribution in [2.24, 2.45) is 0 Å². The van der Waals surface area contributed by atoms with Crippen LogP contribution in [0.15, 0.2) is 60.7 Å². The van der Waals surface area contributed by atoms with Crippen LogP contribution in [0.2, 0.25) is 0 Å². The minimum absolute atomic E-state index is 0.296. The predicted molar refractivity (Wildman–Crippen MR) is 93.4 cm³/mol. The summed E-state index contributed by atoms with van der Waals surface area (Å²) in [4.78, 5) is 23.9. The van der Waals surface area contributed by atoms with E-state index in [1.807, 2.05) is 53.8 Å². The summed E-state index contributed by atoms with van der Waals surface area (Å²) in [6, 6.07) is 18.7. The van der Waals surface area contributed by atoms with Gasteiger partial charge >= 0.3 is 6.03 Å². The molecule has 0 aromatic heterocycles. The van der Waals surface area contributed by atoms with Crippen molar-refractivity contribution in [3.05, 3.63) is 71.8 Å². The Labute approximate surface area is 142 Å². The second-order valence-electron chi connectivity index (χ2n) is 5.74. The summed E-state index contributed by atoms with van der Waals surface area (Å²) in [5.41, 5.74) is 2.10. The van der Waals surface area contributed by atoms with Gasteiger partial charge in [0.25, 0.3) is 5.91 Å². The molecule has 4 N–H and O–H groups in total. The van der Waals surface area contributed by atoms with Gasteiger partial charge in [0.2, 0.25) is 0 Å². The maximum atomic E-state index is 12.5. The molecule has 0 saturated heterocycles. The number of benzene rings is 2. The first kappa shape index (κ1) is 17.7. The third kappa shape index (κ3) is 4.93. The highest BCUT2D eigenvalue weighted by Gasteiger charge is 2.26. The molecule has 0 aliphatic rings. The molecule has 24 heavy (non-hydrogen) atoms. The topological polar surface area (TPSA) is 74.8 Å². The Morgan fingerprint density at radius 1 is 0.958 bits per heavy atom. The third-order valence-electron chi connectivity index (χ3n) is 4.00. The number of nitrogens with one attached hydrogen (secondary N) is 2. The van der Waals surface area contributed by atoms with Gasteiger partial charge in [0.05, 0.1) is 6.54 Å². The van der Waals surface area contributed by atoms with Gasteiger partial charge in [-0.3, -0.25) is 10.1 Å². The first-order valence-corrected chi connectivity index (χ1v) is 8.07. The molecule has 2 atom stereocenters. The van der Waals surface area contributed by atoms with E-state index in [0.717, 1.165) is 12.1 Å². The highest BCUT2D eigenvalue weighted by molar-refractivity contribution is 5.96. The van der Waals surface area contributed by atoms with E-state index in [1.54, 1.807) is 0 Å². The van der Waals surface area contributed by atoms with Crippen LogP contribution in [-0.4, -0.2) is 25.5 Å². The SMILES string of the molecule is CNC(=O)NC(=O)[C@H]([NH2+]C[C@@H](C)c1ccccc1)c1ccccc1. The molecule has 5 nitrogen and oxygen atoms in total. The van der Waals surface area contributed by atoms with Crippen LogP contribution in [0.1, 0.15) is 30.0 Å². The Balaban J connectivity index is 2.08. The van der Waals surface area contributed by atoms with Crippen LogP contribution in [0, 0.1) is 0 Å². The first-order valence-electron chi connectivity index (χ1n) is 8.07. The number of urea groups is 1. The number of amides is 3. The fourth-order valence-electron chi connectivity index (χ4n) is 2.56. The van der Waals surface area contributed by atoms with Crippen molar-refractivity contribution in [3.8, 4) is 0 Å². The normalized spacial score (nSPS) is 12.9. The van der Waals surface area contributed by atoms with Crippen LogP contribution in [0.4, 0.5) is 4.79 Å².